The van der Waals surface area contributed by atoms with Crippen LogP contribution in [0, 0.1) is 11.6 Å². The van der Waals surface area contributed by atoms with Crippen molar-refractivity contribution in [3.8, 4) is 0 Å². The summed E-state index contributed by atoms with van der Waals surface area (Å²) in [5, 5.41) is 3.07. The molecule has 3 rings (SSSR count). The largest absolute Gasteiger partial charge is 0.388 e. The molecule has 2 aromatic rings. The number of aryl methyl sites for hydroxylation is 1. The van der Waals surface area contributed by atoms with Gasteiger partial charge in [0.2, 0.25) is 5.91 Å². The lowest BCUT2D eigenvalue weighted by atomic mass is 10.1. The Bertz CT molecular complexity index is 756. The lowest BCUT2D eigenvalue weighted by Crippen LogP contribution is -2.48. The lowest BCUT2D eigenvalue weighted by molar-refractivity contribution is -0.131. The minimum Gasteiger partial charge on any atom is -0.388 e. The molecule has 138 valence electrons. The fourth-order valence-electron chi connectivity index (χ4n) is 3.14. The van der Waals surface area contributed by atoms with E-state index in [0.717, 1.165) is 17.3 Å². The van der Waals surface area contributed by atoms with E-state index in [2.05, 4.69) is 5.32 Å². The van der Waals surface area contributed by atoms with Crippen molar-refractivity contribution in [3.05, 3.63) is 59.7 Å². The molecule has 0 saturated carbocycles. The van der Waals surface area contributed by atoms with Gasteiger partial charge in [0.25, 0.3) is 0 Å². The average molecular weight is 359 g/mol. The third kappa shape index (κ3) is 4.31. The highest BCUT2D eigenvalue weighted by Gasteiger charge is 2.21. The number of halogens is 2. The van der Waals surface area contributed by atoms with Crippen molar-refractivity contribution < 1.29 is 13.6 Å². The third-order valence-electron chi connectivity index (χ3n) is 4.77. The van der Waals surface area contributed by atoms with Crippen molar-refractivity contribution >= 4 is 17.3 Å². The molecular weight excluding hydrogens is 336 g/mol. The number of hydrogen-bond acceptors (Lipinski definition) is 3. The molecule has 0 radical (unpaired) electrons. The summed E-state index contributed by atoms with van der Waals surface area (Å²) in [5.41, 5.74) is 2.84. The normalized spacial score (nSPS) is 14.4. The molecular formula is C20H23F2N3O. The standard InChI is InChI=1S/C20H23F2N3O/c1-23-16-5-2-15(3-6-16)4-9-20(26)25-12-10-24(11-13-25)17-7-8-18(21)19(22)14-17/h2-3,5-8,14,23H,4,9-13H2,1H3. The van der Waals surface area contributed by atoms with Gasteiger partial charge < -0.3 is 15.1 Å². The minimum atomic E-state index is -0.842. The van der Waals surface area contributed by atoms with Crippen LogP contribution in [-0.4, -0.2) is 44.0 Å². The molecule has 26 heavy (non-hydrogen) atoms. The van der Waals surface area contributed by atoms with Gasteiger partial charge >= 0.3 is 0 Å². The average Bonchev–Trinajstić information content (AvgIpc) is 2.69. The van der Waals surface area contributed by atoms with Crippen LogP contribution < -0.4 is 10.2 Å². The molecule has 0 unspecified atom stereocenters. The second kappa shape index (κ2) is 8.17. The van der Waals surface area contributed by atoms with Crippen molar-refractivity contribution in [1.29, 1.82) is 0 Å². The molecule has 0 spiro atoms. The van der Waals surface area contributed by atoms with Gasteiger partial charge in [-0.2, -0.15) is 0 Å². The minimum absolute atomic E-state index is 0.132. The summed E-state index contributed by atoms with van der Waals surface area (Å²) >= 11 is 0. The van der Waals surface area contributed by atoms with E-state index in [4.69, 9.17) is 0 Å². The molecule has 1 fully saturated rings. The smallest absolute Gasteiger partial charge is 0.223 e. The predicted octanol–water partition coefficient (Wildman–Crippen LogP) is 3.29. The van der Waals surface area contributed by atoms with Gasteiger partial charge in [0.15, 0.2) is 11.6 Å². The van der Waals surface area contributed by atoms with Crippen LogP contribution in [0.2, 0.25) is 0 Å². The van der Waals surface area contributed by atoms with E-state index in [1.807, 2.05) is 41.1 Å². The first-order chi connectivity index (χ1) is 12.6. The van der Waals surface area contributed by atoms with Crippen molar-refractivity contribution in [3.63, 3.8) is 0 Å². The van der Waals surface area contributed by atoms with E-state index in [0.29, 0.717) is 44.7 Å². The van der Waals surface area contributed by atoms with Crippen molar-refractivity contribution in [2.24, 2.45) is 0 Å². The summed E-state index contributed by atoms with van der Waals surface area (Å²) in [5.74, 6) is -1.55. The maximum atomic E-state index is 13.4. The molecule has 6 heteroatoms. The quantitative estimate of drug-likeness (QED) is 0.890. The van der Waals surface area contributed by atoms with Crippen LogP contribution in [0.5, 0.6) is 0 Å². The van der Waals surface area contributed by atoms with Gasteiger partial charge in [-0.1, -0.05) is 12.1 Å². The highest BCUT2D eigenvalue weighted by atomic mass is 19.2. The molecule has 1 saturated heterocycles. The van der Waals surface area contributed by atoms with E-state index in [1.54, 1.807) is 6.07 Å². The van der Waals surface area contributed by atoms with Crippen LogP contribution in [0.3, 0.4) is 0 Å². The zero-order chi connectivity index (χ0) is 18.5. The van der Waals surface area contributed by atoms with Gasteiger partial charge in [0.1, 0.15) is 0 Å². The van der Waals surface area contributed by atoms with Gasteiger partial charge in [-0.3, -0.25) is 4.79 Å². The second-order valence-corrected chi connectivity index (χ2v) is 6.41. The van der Waals surface area contributed by atoms with E-state index >= 15 is 0 Å². The van der Waals surface area contributed by atoms with Crippen molar-refractivity contribution in [2.45, 2.75) is 12.8 Å². The van der Waals surface area contributed by atoms with Gasteiger partial charge in [-0.05, 0) is 36.2 Å². The van der Waals surface area contributed by atoms with E-state index in [-0.39, 0.29) is 5.91 Å². The molecule has 0 atom stereocenters. The Hall–Kier alpha value is -2.63. The molecule has 0 aliphatic carbocycles. The van der Waals surface area contributed by atoms with Crippen LogP contribution in [0.4, 0.5) is 20.2 Å². The lowest BCUT2D eigenvalue weighted by Gasteiger charge is -2.36. The third-order valence-corrected chi connectivity index (χ3v) is 4.77. The fourth-order valence-corrected chi connectivity index (χ4v) is 3.14. The van der Waals surface area contributed by atoms with Gasteiger partial charge in [0, 0.05) is 57.1 Å². The number of benzene rings is 2. The second-order valence-electron chi connectivity index (χ2n) is 6.41. The summed E-state index contributed by atoms with van der Waals surface area (Å²) in [7, 11) is 1.87. The Morgan fingerprint density at radius 1 is 1.00 bits per heavy atom. The summed E-state index contributed by atoms with van der Waals surface area (Å²) in [6, 6.07) is 12.0. The van der Waals surface area contributed by atoms with E-state index < -0.39 is 11.6 Å². The number of carbonyl (C=O) groups excluding carboxylic acids is 1. The molecule has 1 aliphatic heterocycles. The maximum absolute atomic E-state index is 13.4. The highest BCUT2D eigenvalue weighted by Crippen LogP contribution is 2.20. The number of carbonyl (C=O) groups is 1. The Morgan fingerprint density at radius 3 is 2.31 bits per heavy atom. The molecule has 1 heterocycles. The van der Waals surface area contributed by atoms with Crippen LogP contribution in [-0.2, 0) is 11.2 Å². The summed E-state index contributed by atoms with van der Waals surface area (Å²) in [4.78, 5) is 16.2. The zero-order valence-corrected chi connectivity index (χ0v) is 14.8. The number of rotatable bonds is 5. The molecule has 1 N–H and O–H groups in total. The topological polar surface area (TPSA) is 35.6 Å². The molecule has 2 aromatic carbocycles. The first-order valence-corrected chi connectivity index (χ1v) is 8.81. The molecule has 1 amide bonds. The van der Waals surface area contributed by atoms with E-state index in [1.165, 1.54) is 6.07 Å². The number of nitrogens with zero attached hydrogens (tertiary/aromatic N) is 2. The summed E-state index contributed by atoms with van der Waals surface area (Å²) < 4.78 is 26.4. The van der Waals surface area contributed by atoms with Crippen LogP contribution in [0.15, 0.2) is 42.5 Å². The van der Waals surface area contributed by atoms with Crippen LogP contribution >= 0.6 is 0 Å². The monoisotopic (exact) mass is 359 g/mol. The fraction of sp³-hybridized carbons (Fsp3) is 0.350. The van der Waals surface area contributed by atoms with Gasteiger partial charge in [0.05, 0.1) is 0 Å². The van der Waals surface area contributed by atoms with Crippen molar-refractivity contribution in [1.82, 2.24) is 4.90 Å². The number of amides is 1. The number of anilines is 2. The predicted molar refractivity (Wildman–Crippen MR) is 99.5 cm³/mol. The Morgan fingerprint density at radius 2 is 1.69 bits per heavy atom. The first-order valence-electron chi connectivity index (χ1n) is 8.81. The van der Waals surface area contributed by atoms with Gasteiger partial charge in [-0.15, -0.1) is 0 Å². The van der Waals surface area contributed by atoms with Crippen LogP contribution in [0.1, 0.15) is 12.0 Å². The Labute approximate surface area is 152 Å². The molecule has 0 aromatic heterocycles. The Balaban J connectivity index is 1.49. The summed E-state index contributed by atoms with van der Waals surface area (Å²) in [6.45, 7) is 2.43. The zero-order valence-electron chi connectivity index (χ0n) is 14.8. The number of hydrogen-bond donors (Lipinski definition) is 1. The number of piperazine rings is 1. The molecule has 4 nitrogen and oxygen atoms in total. The maximum Gasteiger partial charge on any atom is 0.223 e. The highest BCUT2D eigenvalue weighted by molar-refractivity contribution is 5.76. The van der Waals surface area contributed by atoms with Gasteiger partial charge in [-0.25, -0.2) is 8.78 Å². The van der Waals surface area contributed by atoms with Crippen LogP contribution in [0.25, 0.3) is 0 Å². The Kier molecular flexibility index (Phi) is 5.71. The van der Waals surface area contributed by atoms with Crippen molar-refractivity contribution in [2.75, 3.05) is 43.4 Å². The SMILES string of the molecule is CNc1ccc(CCC(=O)N2CCN(c3ccc(F)c(F)c3)CC2)cc1. The molecule has 0 bridgehead atoms. The molecule has 1 aliphatic rings. The van der Waals surface area contributed by atoms with E-state index in [9.17, 15) is 13.6 Å². The summed E-state index contributed by atoms with van der Waals surface area (Å²) in [6.07, 6.45) is 1.19. The first kappa shape index (κ1) is 18.2. The number of nitrogens with one attached hydrogen (secondary N) is 1.